The fraction of sp³-hybridized carbons (Fsp3) is 0.200. The van der Waals surface area contributed by atoms with Crippen LogP contribution in [0.2, 0.25) is 0 Å². The molecule has 0 aromatic heterocycles. The first-order chi connectivity index (χ1) is 13.2. The molecule has 8 heteroatoms. The van der Waals surface area contributed by atoms with Crippen LogP contribution in [0.3, 0.4) is 0 Å². The summed E-state index contributed by atoms with van der Waals surface area (Å²) in [6.07, 6.45) is 1.39. The third kappa shape index (κ3) is 3.44. The van der Waals surface area contributed by atoms with E-state index in [9.17, 15) is 19.7 Å². The van der Waals surface area contributed by atoms with Gasteiger partial charge in [-0.2, -0.15) is 0 Å². The Morgan fingerprint density at radius 3 is 2.39 bits per heavy atom. The van der Waals surface area contributed by atoms with Crippen LogP contribution in [0.4, 0.5) is 17.1 Å². The minimum atomic E-state index is -0.556. The van der Waals surface area contributed by atoms with E-state index in [1.807, 2.05) is 26.0 Å². The van der Waals surface area contributed by atoms with Crippen LogP contribution >= 0.6 is 0 Å². The highest BCUT2D eigenvalue weighted by Gasteiger charge is 2.35. The zero-order chi connectivity index (χ0) is 20.6. The van der Waals surface area contributed by atoms with Crippen LogP contribution in [-0.2, 0) is 9.59 Å². The highest BCUT2D eigenvalue weighted by Crippen LogP contribution is 2.29. The van der Waals surface area contributed by atoms with Gasteiger partial charge in [0, 0.05) is 37.5 Å². The van der Waals surface area contributed by atoms with Crippen LogP contribution in [0, 0.1) is 24.0 Å². The molecule has 8 nitrogen and oxygen atoms in total. The molecule has 0 spiro atoms. The van der Waals surface area contributed by atoms with Gasteiger partial charge in [0.05, 0.1) is 10.6 Å². The zero-order valence-electron chi connectivity index (χ0n) is 16.0. The average Bonchev–Trinajstić information content (AvgIpc) is 2.92. The lowest BCUT2D eigenvalue weighted by Crippen LogP contribution is -2.35. The largest absolute Gasteiger partial charge is 0.377 e. The molecule has 0 aliphatic carbocycles. The van der Waals surface area contributed by atoms with Crippen molar-refractivity contribution in [3.8, 4) is 0 Å². The zero-order valence-corrected chi connectivity index (χ0v) is 16.0. The monoisotopic (exact) mass is 380 g/mol. The molecule has 2 aromatic rings. The van der Waals surface area contributed by atoms with Gasteiger partial charge < -0.3 is 4.90 Å². The number of nitrogens with zero attached hydrogens (tertiary/aromatic N) is 3. The van der Waals surface area contributed by atoms with Gasteiger partial charge in [0.25, 0.3) is 17.5 Å². The molecule has 1 aliphatic heterocycles. The first kappa shape index (κ1) is 19.1. The van der Waals surface area contributed by atoms with Crippen molar-refractivity contribution in [1.29, 1.82) is 0 Å². The Morgan fingerprint density at radius 2 is 1.79 bits per heavy atom. The first-order valence-electron chi connectivity index (χ1n) is 8.59. The smallest absolute Gasteiger partial charge is 0.282 e. The molecule has 1 saturated heterocycles. The maximum Gasteiger partial charge on any atom is 0.282 e. The number of non-ortho nitro benzene ring substituents is 1. The number of rotatable bonds is 4. The van der Waals surface area contributed by atoms with E-state index < -0.39 is 16.7 Å². The molecule has 0 radical (unpaired) electrons. The van der Waals surface area contributed by atoms with Crippen molar-refractivity contribution in [2.75, 3.05) is 24.0 Å². The topological polar surface area (TPSA) is 95.8 Å². The van der Waals surface area contributed by atoms with Gasteiger partial charge in [-0.25, -0.2) is 5.01 Å². The van der Waals surface area contributed by atoms with Crippen molar-refractivity contribution in [3.05, 3.63) is 68.8 Å². The van der Waals surface area contributed by atoms with Gasteiger partial charge >= 0.3 is 0 Å². The lowest BCUT2D eigenvalue weighted by molar-refractivity contribution is -0.384. The van der Waals surface area contributed by atoms with Gasteiger partial charge in [0.15, 0.2) is 0 Å². The Hall–Kier alpha value is -3.68. The number of carbonyl (C=O) groups is 2. The number of nitro benzene ring substituents is 1. The standard InChI is InChI=1S/C20H20N4O4/c1-12-5-6-15(9-13(12)2)23-20(26)17(19(25)21-23)11-14-10-16(24(27)28)7-8-18(14)22(3)4/h5-11H,1-4H3,(H,21,25)/b17-11+. The third-order valence-corrected chi connectivity index (χ3v) is 4.64. The Bertz CT molecular complexity index is 1030. The number of benzene rings is 2. The van der Waals surface area contributed by atoms with E-state index in [1.54, 1.807) is 31.1 Å². The number of hydrazine groups is 1. The number of aryl methyl sites for hydroxylation is 2. The maximum atomic E-state index is 12.8. The van der Waals surface area contributed by atoms with Crippen molar-refractivity contribution < 1.29 is 14.5 Å². The van der Waals surface area contributed by atoms with Gasteiger partial charge in [-0.05, 0) is 49.2 Å². The van der Waals surface area contributed by atoms with E-state index in [0.29, 0.717) is 16.9 Å². The van der Waals surface area contributed by atoms with Crippen LogP contribution in [0.25, 0.3) is 6.08 Å². The third-order valence-electron chi connectivity index (χ3n) is 4.64. The summed E-state index contributed by atoms with van der Waals surface area (Å²) >= 11 is 0. The molecule has 2 aromatic carbocycles. The summed E-state index contributed by atoms with van der Waals surface area (Å²) in [5.74, 6) is -1.07. The fourth-order valence-corrected chi connectivity index (χ4v) is 2.94. The van der Waals surface area contributed by atoms with Gasteiger partial charge in [0.1, 0.15) is 5.57 Å². The number of anilines is 2. The van der Waals surface area contributed by atoms with Crippen molar-refractivity contribution in [3.63, 3.8) is 0 Å². The van der Waals surface area contributed by atoms with E-state index in [4.69, 9.17) is 0 Å². The van der Waals surface area contributed by atoms with E-state index in [-0.39, 0.29) is 11.3 Å². The number of carbonyl (C=O) groups excluding carboxylic acids is 2. The van der Waals surface area contributed by atoms with Crippen LogP contribution in [0.5, 0.6) is 0 Å². The van der Waals surface area contributed by atoms with Crippen molar-refractivity contribution >= 4 is 35.0 Å². The van der Waals surface area contributed by atoms with Crippen molar-refractivity contribution in [2.45, 2.75) is 13.8 Å². The molecule has 0 unspecified atom stereocenters. The molecule has 1 fully saturated rings. The first-order valence-corrected chi connectivity index (χ1v) is 8.59. The van der Waals surface area contributed by atoms with Crippen LogP contribution in [0.1, 0.15) is 16.7 Å². The second-order valence-electron chi connectivity index (χ2n) is 6.80. The second kappa shape index (κ2) is 7.15. The lowest BCUT2D eigenvalue weighted by Gasteiger charge is -2.16. The SMILES string of the molecule is Cc1ccc(N2NC(=O)/C(=C\c3cc([N+](=O)[O-])ccc3N(C)C)C2=O)cc1C. The fourth-order valence-electron chi connectivity index (χ4n) is 2.94. The molecule has 0 bridgehead atoms. The molecular formula is C20H20N4O4. The van der Waals surface area contributed by atoms with Gasteiger partial charge in [-0.3, -0.25) is 25.1 Å². The Morgan fingerprint density at radius 1 is 1.07 bits per heavy atom. The van der Waals surface area contributed by atoms with Crippen LogP contribution < -0.4 is 15.3 Å². The normalized spacial score (nSPS) is 15.1. The van der Waals surface area contributed by atoms with Crippen molar-refractivity contribution in [2.24, 2.45) is 0 Å². The summed E-state index contributed by atoms with van der Waals surface area (Å²) in [7, 11) is 3.56. The van der Waals surface area contributed by atoms with Gasteiger partial charge in [-0.15, -0.1) is 0 Å². The summed E-state index contributed by atoms with van der Waals surface area (Å²) in [5.41, 5.74) is 6.04. The predicted molar refractivity (Wildman–Crippen MR) is 107 cm³/mol. The van der Waals surface area contributed by atoms with Crippen molar-refractivity contribution in [1.82, 2.24) is 5.43 Å². The summed E-state index contributed by atoms with van der Waals surface area (Å²) in [6, 6.07) is 9.76. The number of hydrogen-bond acceptors (Lipinski definition) is 5. The maximum absolute atomic E-state index is 12.8. The Labute approximate surface area is 162 Å². The van der Waals surface area contributed by atoms with E-state index >= 15 is 0 Å². The molecule has 1 heterocycles. The molecule has 3 rings (SSSR count). The number of nitro groups is 1. The van der Waals surface area contributed by atoms with Crippen LogP contribution in [0.15, 0.2) is 42.0 Å². The molecule has 0 saturated carbocycles. The van der Waals surface area contributed by atoms with Gasteiger partial charge in [0.2, 0.25) is 0 Å². The number of nitrogens with one attached hydrogen (secondary N) is 1. The van der Waals surface area contributed by atoms with E-state index in [0.717, 1.165) is 11.1 Å². The molecule has 0 atom stereocenters. The molecule has 144 valence electrons. The van der Waals surface area contributed by atoms with Gasteiger partial charge in [-0.1, -0.05) is 6.07 Å². The highest BCUT2D eigenvalue weighted by molar-refractivity contribution is 6.31. The molecule has 1 N–H and O–H groups in total. The number of hydrogen-bond donors (Lipinski definition) is 1. The molecule has 28 heavy (non-hydrogen) atoms. The number of amides is 2. The molecule has 2 amide bonds. The average molecular weight is 380 g/mol. The Balaban J connectivity index is 2.04. The summed E-state index contributed by atoms with van der Waals surface area (Å²) in [5, 5.41) is 12.3. The summed E-state index contributed by atoms with van der Waals surface area (Å²) in [4.78, 5) is 37.6. The van der Waals surface area contributed by atoms with Crippen LogP contribution in [-0.4, -0.2) is 30.8 Å². The molecule has 1 aliphatic rings. The minimum Gasteiger partial charge on any atom is -0.377 e. The second-order valence-corrected chi connectivity index (χ2v) is 6.80. The highest BCUT2D eigenvalue weighted by atomic mass is 16.6. The predicted octanol–water partition coefficient (Wildman–Crippen LogP) is 2.74. The molecular weight excluding hydrogens is 360 g/mol. The Kier molecular flexibility index (Phi) is 4.87. The lowest BCUT2D eigenvalue weighted by atomic mass is 10.1. The quantitative estimate of drug-likeness (QED) is 0.381. The summed E-state index contributed by atoms with van der Waals surface area (Å²) in [6.45, 7) is 3.88. The summed E-state index contributed by atoms with van der Waals surface area (Å²) < 4.78 is 0. The van der Waals surface area contributed by atoms with E-state index in [2.05, 4.69) is 5.43 Å². The minimum absolute atomic E-state index is 0.0816. The van der Waals surface area contributed by atoms with E-state index in [1.165, 1.54) is 23.2 Å².